The normalized spacial score (nSPS) is 28.4. The molecule has 1 aromatic rings. The van der Waals surface area contributed by atoms with Crippen LogP contribution < -0.4 is 10.1 Å². The lowest BCUT2D eigenvalue weighted by Crippen LogP contribution is -2.33. The molecule has 1 heterocycles. The molecule has 1 aliphatic carbocycles. The Morgan fingerprint density at radius 2 is 2.19 bits per heavy atom. The summed E-state index contributed by atoms with van der Waals surface area (Å²) in [6.07, 6.45) is 1.81. The van der Waals surface area contributed by atoms with Crippen LogP contribution >= 0.6 is 0 Å². The van der Waals surface area contributed by atoms with Crippen LogP contribution in [0.5, 0.6) is 5.75 Å². The van der Waals surface area contributed by atoms with Gasteiger partial charge in [0.2, 0.25) is 5.91 Å². The molecule has 1 aromatic carbocycles. The van der Waals surface area contributed by atoms with Gasteiger partial charge in [-0.05, 0) is 30.9 Å². The Morgan fingerprint density at radius 1 is 1.38 bits per heavy atom. The first-order valence-corrected chi connectivity index (χ1v) is 7.50. The third kappa shape index (κ3) is 3.04. The van der Waals surface area contributed by atoms with Crippen LogP contribution in [0.2, 0.25) is 0 Å². The summed E-state index contributed by atoms with van der Waals surface area (Å²) >= 11 is 0. The molecule has 3 atom stereocenters. The van der Waals surface area contributed by atoms with Gasteiger partial charge in [-0.25, -0.2) is 0 Å². The summed E-state index contributed by atoms with van der Waals surface area (Å²) in [5.74, 6) is 1.54. The van der Waals surface area contributed by atoms with E-state index in [4.69, 9.17) is 4.74 Å². The number of aliphatic hydroxyl groups excluding tert-OH is 1. The highest BCUT2D eigenvalue weighted by Crippen LogP contribution is 2.37. The number of rotatable bonds is 4. The Labute approximate surface area is 124 Å². The van der Waals surface area contributed by atoms with E-state index in [0.29, 0.717) is 29.8 Å². The number of nitrogens with one attached hydrogen (secondary N) is 1. The molecule has 0 bridgehead atoms. The number of amides is 1. The van der Waals surface area contributed by atoms with Gasteiger partial charge in [0, 0.05) is 19.0 Å². The van der Waals surface area contributed by atoms with Crippen molar-refractivity contribution in [3.05, 3.63) is 24.3 Å². The van der Waals surface area contributed by atoms with Gasteiger partial charge >= 0.3 is 0 Å². The smallest absolute Gasteiger partial charge is 0.238 e. The fourth-order valence-corrected chi connectivity index (χ4v) is 3.60. The molecule has 5 heteroatoms. The maximum atomic E-state index is 12.2. The van der Waals surface area contributed by atoms with Crippen LogP contribution in [0.1, 0.15) is 12.8 Å². The van der Waals surface area contributed by atoms with Gasteiger partial charge in [0.15, 0.2) is 0 Å². The van der Waals surface area contributed by atoms with Crippen LogP contribution in [0.4, 0.5) is 5.69 Å². The third-order valence-corrected chi connectivity index (χ3v) is 4.64. The molecule has 0 spiro atoms. The highest BCUT2D eigenvalue weighted by atomic mass is 16.5. The minimum atomic E-state index is -0.183. The van der Waals surface area contributed by atoms with E-state index in [2.05, 4.69) is 10.2 Å². The summed E-state index contributed by atoms with van der Waals surface area (Å²) in [6, 6.07) is 7.40. The molecule has 21 heavy (non-hydrogen) atoms. The summed E-state index contributed by atoms with van der Waals surface area (Å²) in [5, 5.41) is 12.8. The van der Waals surface area contributed by atoms with Crippen LogP contribution in [0.15, 0.2) is 24.3 Å². The summed E-state index contributed by atoms with van der Waals surface area (Å²) in [7, 11) is 1.59. The topological polar surface area (TPSA) is 61.8 Å². The average molecular weight is 290 g/mol. The number of methoxy groups -OCH3 is 1. The molecule has 2 fully saturated rings. The first-order chi connectivity index (χ1) is 10.2. The van der Waals surface area contributed by atoms with Crippen molar-refractivity contribution < 1.29 is 14.6 Å². The first kappa shape index (κ1) is 14.4. The lowest BCUT2D eigenvalue weighted by atomic mass is 10.00. The summed E-state index contributed by atoms with van der Waals surface area (Å²) in [5.41, 5.74) is 0.699. The number of para-hydroxylation sites is 2. The fraction of sp³-hybridized carbons (Fsp3) is 0.562. The Kier molecular flexibility index (Phi) is 4.12. The monoisotopic (exact) mass is 290 g/mol. The predicted molar refractivity (Wildman–Crippen MR) is 80.3 cm³/mol. The van der Waals surface area contributed by atoms with Crippen LogP contribution in [-0.4, -0.2) is 48.8 Å². The molecule has 1 saturated carbocycles. The minimum absolute atomic E-state index is 0.0334. The second kappa shape index (κ2) is 6.03. The Hall–Kier alpha value is -1.59. The molecule has 1 amide bonds. The fourth-order valence-electron chi connectivity index (χ4n) is 3.60. The van der Waals surface area contributed by atoms with Gasteiger partial charge in [-0.15, -0.1) is 0 Å². The Balaban J connectivity index is 1.55. The summed E-state index contributed by atoms with van der Waals surface area (Å²) in [6.45, 7) is 2.12. The molecule has 114 valence electrons. The molecule has 1 aliphatic heterocycles. The minimum Gasteiger partial charge on any atom is -0.495 e. The molecule has 2 N–H and O–H groups in total. The lowest BCUT2D eigenvalue weighted by molar-refractivity contribution is -0.117. The van der Waals surface area contributed by atoms with E-state index in [1.165, 1.54) is 0 Å². The second-order valence-corrected chi connectivity index (χ2v) is 6.01. The van der Waals surface area contributed by atoms with Crippen LogP contribution in [0.3, 0.4) is 0 Å². The second-order valence-electron chi connectivity index (χ2n) is 6.01. The number of carbonyl (C=O) groups is 1. The molecule has 3 unspecified atom stereocenters. The molecule has 0 radical (unpaired) electrons. The summed E-state index contributed by atoms with van der Waals surface area (Å²) in [4.78, 5) is 14.3. The number of hydrogen-bond acceptors (Lipinski definition) is 4. The van der Waals surface area contributed by atoms with Crippen molar-refractivity contribution in [1.29, 1.82) is 0 Å². The van der Waals surface area contributed by atoms with Crippen molar-refractivity contribution in [2.75, 3.05) is 32.1 Å². The van der Waals surface area contributed by atoms with Crippen LogP contribution in [0.25, 0.3) is 0 Å². The zero-order chi connectivity index (χ0) is 14.8. The van der Waals surface area contributed by atoms with Gasteiger partial charge in [0.25, 0.3) is 0 Å². The molecule has 1 saturated heterocycles. The zero-order valence-corrected chi connectivity index (χ0v) is 12.3. The number of anilines is 1. The van der Waals surface area contributed by atoms with Crippen molar-refractivity contribution in [2.24, 2.45) is 11.8 Å². The van der Waals surface area contributed by atoms with Crippen LogP contribution in [0, 0.1) is 11.8 Å². The summed E-state index contributed by atoms with van der Waals surface area (Å²) < 4.78 is 5.23. The number of carbonyl (C=O) groups excluding carboxylic acids is 1. The number of aliphatic hydroxyl groups is 1. The molecule has 0 aromatic heterocycles. The largest absolute Gasteiger partial charge is 0.495 e. The molecule has 2 aliphatic rings. The van der Waals surface area contributed by atoms with E-state index >= 15 is 0 Å². The Bertz CT molecular complexity index is 520. The number of nitrogens with zero attached hydrogens (tertiary/aromatic N) is 1. The standard InChI is InChI=1S/C16H22N2O3/c1-21-15-5-3-2-4-13(15)17-16(20)10-18-8-11-6-7-14(19)12(11)9-18/h2-5,11-12,14,19H,6-10H2,1H3,(H,17,20). The molecule has 5 nitrogen and oxygen atoms in total. The maximum Gasteiger partial charge on any atom is 0.238 e. The van der Waals surface area contributed by atoms with Gasteiger partial charge in [0.1, 0.15) is 5.75 Å². The number of benzene rings is 1. The average Bonchev–Trinajstić information content (AvgIpc) is 3.01. The molecular formula is C16H22N2O3. The van der Waals surface area contributed by atoms with Crippen molar-refractivity contribution >= 4 is 11.6 Å². The van der Waals surface area contributed by atoms with Gasteiger partial charge < -0.3 is 15.2 Å². The predicted octanol–water partition coefficient (Wildman–Crippen LogP) is 1.34. The van der Waals surface area contributed by atoms with Gasteiger partial charge in [-0.3, -0.25) is 9.69 Å². The zero-order valence-electron chi connectivity index (χ0n) is 12.3. The van der Waals surface area contributed by atoms with Crippen molar-refractivity contribution in [3.8, 4) is 5.75 Å². The van der Waals surface area contributed by atoms with E-state index in [1.54, 1.807) is 7.11 Å². The van der Waals surface area contributed by atoms with Crippen molar-refractivity contribution in [1.82, 2.24) is 4.90 Å². The van der Waals surface area contributed by atoms with E-state index < -0.39 is 0 Å². The van der Waals surface area contributed by atoms with Crippen molar-refractivity contribution in [2.45, 2.75) is 18.9 Å². The van der Waals surface area contributed by atoms with Gasteiger partial charge in [-0.2, -0.15) is 0 Å². The first-order valence-electron chi connectivity index (χ1n) is 7.50. The SMILES string of the molecule is COc1ccccc1NC(=O)CN1CC2CCC(O)C2C1. The number of ether oxygens (including phenoxy) is 1. The van der Waals surface area contributed by atoms with Crippen molar-refractivity contribution in [3.63, 3.8) is 0 Å². The van der Waals surface area contributed by atoms with E-state index in [0.717, 1.165) is 25.9 Å². The highest BCUT2D eigenvalue weighted by molar-refractivity contribution is 5.93. The molecule has 3 rings (SSSR count). The Morgan fingerprint density at radius 3 is 2.95 bits per heavy atom. The van der Waals surface area contributed by atoms with Gasteiger partial charge in [-0.1, -0.05) is 12.1 Å². The van der Waals surface area contributed by atoms with E-state index in [9.17, 15) is 9.90 Å². The number of hydrogen-bond donors (Lipinski definition) is 2. The number of fused-ring (bicyclic) bond motifs is 1. The van der Waals surface area contributed by atoms with E-state index in [-0.39, 0.29) is 12.0 Å². The highest BCUT2D eigenvalue weighted by Gasteiger charge is 2.42. The number of likely N-dealkylation sites (tertiary alicyclic amines) is 1. The van der Waals surface area contributed by atoms with Gasteiger partial charge in [0.05, 0.1) is 25.4 Å². The third-order valence-electron chi connectivity index (χ3n) is 4.64. The maximum absolute atomic E-state index is 12.2. The quantitative estimate of drug-likeness (QED) is 0.878. The molecular weight excluding hydrogens is 268 g/mol. The van der Waals surface area contributed by atoms with Crippen LogP contribution in [-0.2, 0) is 4.79 Å². The van der Waals surface area contributed by atoms with E-state index in [1.807, 2.05) is 24.3 Å². The lowest BCUT2D eigenvalue weighted by Gasteiger charge is -2.18.